The predicted molar refractivity (Wildman–Crippen MR) is 61.2 cm³/mol. The van der Waals surface area contributed by atoms with Crippen LogP contribution in [0.2, 0.25) is 0 Å². The van der Waals surface area contributed by atoms with Crippen LogP contribution in [0.3, 0.4) is 0 Å². The Balaban J connectivity index is 3.07. The zero-order chi connectivity index (χ0) is 10.7. The topological polar surface area (TPSA) is 26.0 Å². The molecule has 0 saturated heterocycles. The van der Waals surface area contributed by atoms with Gasteiger partial charge in [-0.05, 0) is 37.3 Å². The van der Waals surface area contributed by atoms with Crippen molar-refractivity contribution in [2.24, 2.45) is 5.73 Å². The zero-order valence-corrected chi connectivity index (χ0v) is 9.62. The summed E-state index contributed by atoms with van der Waals surface area (Å²) < 4.78 is 13.6. The second kappa shape index (κ2) is 4.80. The van der Waals surface area contributed by atoms with Gasteiger partial charge < -0.3 is 5.73 Å². The number of halogens is 1. The highest BCUT2D eigenvalue weighted by atomic mass is 32.2. The van der Waals surface area contributed by atoms with E-state index in [1.165, 1.54) is 0 Å². The fourth-order valence-electron chi connectivity index (χ4n) is 1.66. The van der Waals surface area contributed by atoms with Crippen molar-refractivity contribution in [3.05, 3.63) is 34.6 Å². The Morgan fingerprint density at radius 2 is 2.07 bits per heavy atom. The molecular weight excluding hydrogens is 197 g/mol. The summed E-state index contributed by atoms with van der Waals surface area (Å²) in [6.45, 7) is 3.80. The molecule has 0 amide bonds. The third-order valence-electron chi connectivity index (χ3n) is 2.20. The van der Waals surface area contributed by atoms with Gasteiger partial charge in [-0.1, -0.05) is 6.07 Å². The number of hydrogen-bond acceptors (Lipinski definition) is 2. The molecule has 78 valence electrons. The molecule has 0 heterocycles. The third-order valence-corrected chi connectivity index (χ3v) is 2.89. The molecular formula is C11H16FNS. The quantitative estimate of drug-likeness (QED) is 0.835. The Labute approximate surface area is 88.9 Å². The smallest absolute Gasteiger partial charge is 0.128 e. The van der Waals surface area contributed by atoms with Gasteiger partial charge in [0.15, 0.2) is 0 Å². The molecule has 0 bridgehead atoms. The van der Waals surface area contributed by atoms with Crippen molar-refractivity contribution in [1.29, 1.82) is 0 Å². The predicted octanol–water partition coefficient (Wildman–Crippen LogP) is 2.81. The maximum absolute atomic E-state index is 13.6. The minimum atomic E-state index is -0.203. The van der Waals surface area contributed by atoms with Crippen LogP contribution in [-0.2, 0) is 0 Å². The van der Waals surface area contributed by atoms with Crippen molar-refractivity contribution in [3.8, 4) is 0 Å². The highest BCUT2D eigenvalue weighted by Gasteiger charge is 2.13. The molecule has 1 aromatic carbocycles. The Bertz CT molecular complexity index is 302. The van der Waals surface area contributed by atoms with E-state index in [1.807, 2.05) is 26.2 Å². The van der Waals surface area contributed by atoms with E-state index in [2.05, 4.69) is 0 Å². The van der Waals surface area contributed by atoms with Crippen molar-refractivity contribution >= 4 is 11.8 Å². The molecule has 1 nitrogen and oxygen atoms in total. The minimum absolute atomic E-state index is 0.177. The lowest BCUT2D eigenvalue weighted by molar-refractivity contribution is 0.591. The molecule has 3 heteroatoms. The molecule has 2 N–H and O–H groups in total. The van der Waals surface area contributed by atoms with Crippen LogP contribution in [-0.4, -0.2) is 12.0 Å². The van der Waals surface area contributed by atoms with Crippen LogP contribution in [0.4, 0.5) is 4.39 Å². The molecule has 1 atom stereocenters. The van der Waals surface area contributed by atoms with Gasteiger partial charge in [0.25, 0.3) is 0 Å². The van der Waals surface area contributed by atoms with Gasteiger partial charge in [-0.3, -0.25) is 0 Å². The van der Waals surface area contributed by atoms with E-state index in [9.17, 15) is 4.39 Å². The summed E-state index contributed by atoms with van der Waals surface area (Å²) in [6.07, 6.45) is 1.97. The molecule has 0 aliphatic carbocycles. The van der Waals surface area contributed by atoms with E-state index >= 15 is 0 Å². The number of aryl methyl sites for hydroxylation is 2. The SMILES string of the molecule is CSCC(N)c1c(C)cc(C)cc1F. The Morgan fingerprint density at radius 1 is 1.43 bits per heavy atom. The maximum atomic E-state index is 13.6. The lowest BCUT2D eigenvalue weighted by atomic mass is 10.00. The average molecular weight is 213 g/mol. The number of nitrogens with two attached hydrogens (primary N) is 1. The molecule has 1 unspecified atom stereocenters. The number of thioether (sulfide) groups is 1. The molecule has 1 aromatic rings. The van der Waals surface area contributed by atoms with Crippen molar-refractivity contribution in [3.63, 3.8) is 0 Å². The highest BCUT2D eigenvalue weighted by Crippen LogP contribution is 2.23. The lowest BCUT2D eigenvalue weighted by Crippen LogP contribution is -2.16. The summed E-state index contributed by atoms with van der Waals surface area (Å²) in [5.41, 5.74) is 8.45. The van der Waals surface area contributed by atoms with E-state index in [1.54, 1.807) is 17.8 Å². The molecule has 0 saturated carbocycles. The Morgan fingerprint density at radius 3 is 2.57 bits per heavy atom. The zero-order valence-electron chi connectivity index (χ0n) is 8.80. The van der Waals surface area contributed by atoms with Crippen LogP contribution in [0, 0.1) is 19.7 Å². The molecule has 0 radical (unpaired) electrons. The fourth-order valence-corrected chi connectivity index (χ4v) is 2.19. The second-order valence-corrected chi connectivity index (χ2v) is 4.45. The Hall–Kier alpha value is -0.540. The summed E-state index contributed by atoms with van der Waals surface area (Å²) in [6, 6.07) is 3.31. The largest absolute Gasteiger partial charge is 0.323 e. The molecule has 0 aliphatic rings. The van der Waals surface area contributed by atoms with Gasteiger partial charge >= 0.3 is 0 Å². The summed E-state index contributed by atoms with van der Waals surface area (Å²) in [7, 11) is 0. The number of rotatable bonds is 3. The van der Waals surface area contributed by atoms with E-state index in [4.69, 9.17) is 5.73 Å². The number of hydrogen-bond donors (Lipinski definition) is 1. The normalized spacial score (nSPS) is 12.9. The summed E-state index contributed by atoms with van der Waals surface area (Å²) >= 11 is 1.63. The summed E-state index contributed by atoms with van der Waals surface area (Å²) in [5, 5.41) is 0. The first-order chi connectivity index (χ1) is 6.56. The van der Waals surface area contributed by atoms with Crippen LogP contribution < -0.4 is 5.73 Å². The standard InChI is InChI=1S/C11H16FNS/c1-7-4-8(2)11(9(12)5-7)10(13)6-14-3/h4-5,10H,6,13H2,1-3H3. The van der Waals surface area contributed by atoms with E-state index in [0.717, 1.165) is 16.9 Å². The van der Waals surface area contributed by atoms with E-state index in [-0.39, 0.29) is 11.9 Å². The molecule has 0 fully saturated rings. The maximum Gasteiger partial charge on any atom is 0.128 e. The van der Waals surface area contributed by atoms with Gasteiger partial charge in [0.1, 0.15) is 5.82 Å². The van der Waals surface area contributed by atoms with Gasteiger partial charge in [-0.2, -0.15) is 11.8 Å². The highest BCUT2D eigenvalue weighted by molar-refractivity contribution is 7.98. The first kappa shape index (κ1) is 11.5. The lowest BCUT2D eigenvalue weighted by Gasteiger charge is -2.15. The van der Waals surface area contributed by atoms with Crippen molar-refractivity contribution in [1.82, 2.24) is 0 Å². The van der Waals surface area contributed by atoms with Gasteiger partial charge in [-0.25, -0.2) is 4.39 Å². The van der Waals surface area contributed by atoms with Crippen LogP contribution in [0.15, 0.2) is 12.1 Å². The summed E-state index contributed by atoms with van der Waals surface area (Å²) in [4.78, 5) is 0. The molecule has 0 aromatic heterocycles. The second-order valence-electron chi connectivity index (χ2n) is 3.54. The van der Waals surface area contributed by atoms with E-state index in [0.29, 0.717) is 5.56 Å². The van der Waals surface area contributed by atoms with E-state index < -0.39 is 0 Å². The van der Waals surface area contributed by atoms with Gasteiger partial charge in [0.05, 0.1) is 0 Å². The molecule has 0 spiro atoms. The first-order valence-corrected chi connectivity index (χ1v) is 5.96. The average Bonchev–Trinajstić information content (AvgIpc) is 2.01. The fraction of sp³-hybridized carbons (Fsp3) is 0.455. The Kier molecular flexibility index (Phi) is 3.96. The summed E-state index contributed by atoms with van der Waals surface area (Å²) in [5.74, 6) is 0.574. The van der Waals surface area contributed by atoms with Gasteiger partial charge in [0.2, 0.25) is 0 Å². The molecule has 1 rings (SSSR count). The van der Waals surface area contributed by atoms with Crippen molar-refractivity contribution in [2.45, 2.75) is 19.9 Å². The van der Waals surface area contributed by atoms with Gasteiger partial charge in [-0.15, -0.1) is 0 Å². The molecule has 14 heavy (non-hydrogen) atoms. The first-order valence-electron chi connectivity index (χ1n) is 4.57. The van der Waals surface area contributed by atoms with Crippen LogP contribution in [0.1, 0.15) is 22.7 Å². The minimum Gasteiger partial charge on any atom is -0.323 e. The van der Waals surface area contributed by atoms with Crippen LogP contribution in [0.5, 0.6) is 0 Å². The number of benzene rings is 1. The van der Waals surface area contributed by atoms with Crippen molar-refractivity contribution < 1.29 is 4.39 Å². The van der Waals surface area contributed by atoms with Gasteiger partial charge in [0, 0.05) is 17.4 Å². The van der Waals surface area contributed by atoms with Crippen molar-refractivity contribution in [2.75, 3.05) is 12.0 Å². The van der Waals surface area contributed by atoms with Crippen LogP contribution >= 0.6 is 11.8 Å². The van der Waals surface area contributed by atoms with Crippen LogP contribution in [0.25, 0.3) is 0 Å². The monoisotopic (exact) mass is 213 g/mol. The third kappa shape index (κ3) is 2.49. The molecule has 0 aliphatic heterocycles.